The van der Waals surface area contributed by atoms with E-state index in [2.05, 4.69) is 29.5 Å². The van der Waals surface area contributed by atoms with Crippen molar-refractivity contribution in [2.24, 2.45) is 0 Å². The summed E-state index contributed by atoms with van der Waals surface area (Å²) >= 11 is 2.24. The number of aryl methyl sites for hydroxylation is 1. The predicted octanol–water partition coefficient (Wildman–Crippen LogP) is 3.81. The third-order valence-corrected chi connectivity index (χ3v) is 3.34. The minimum absolute atomic E-state index is 0.119. The molecule has 0 spiro atoms. The predicted molar refractivity (Wildman–Crippen MR) is 76.8 cm³/mol. The number of hydrogen-bond donors (Lipinski definition) is 0. The van der Waals surface area contributed by atoms with Crippen LogP contribution < -0.4 is 5.56 Å². The van der Waals surface area contributed by atoms with Crippen LogP contribution in [0.5, 0.6) is 0 Å². The molecule has 0 aromatic carbocycles. The van der Waals surface area contributed by atoms with E-state index in [1.807, 2.05) is 16.8 Å². The van der Waals surface area contributed by atoms with Gasteiger partial charge in [-0.3, -0.25) is 4.79 Å². The molecule has 1 rings (SSSR count). The van der Waals surface area contributed by atoms with Gasteiger partial charge >= 0.3 is 0 Å². The Balaban J connectivity index is 2.26. The second-order valence-electron chi connectivity index (χ2n) is 4.15. The summed E-state index contributed by atoms with van der Waals surface area (Å²) < 4.78 is 2.95. The second kappa shape index (κ2) is 7.87. The van der Waals surface area contributed by atoms with E-state index in [1.165, 1.54) is 32.1 Å². The maximum absolute atomic E-state index is 11.5. The van der Waals surface area contributed by atoms with E-state index in [4.69, 9.17) is 0 Å². The van der Waals surface area contributed by atoms with Crippen molar-refractivity contribution in [3.8, 4) is 0 Å². The van der Waals surface area contributed by atoms with Crippen molar-refractivity contribution in [1.29, 1.82) is 0 Å². The molecule has 90 valence electrons. The van der Waals surface area contributed by atoms with Gasteiger partial charge in [-0.25, -0.2) is 0 Å². The SMILES string of the molecule is CCCCCCCCn1cc(I)ccc1=O. The van der Waals surface area contributed by atoms with E-state index in [0.717, 1.165) is 16.5 Å². The molecule has 1 heterocycles. The third-order valence-electron chi connectivity index (χ3n) is 2.70. The Labute approximate surface area is 111 Å². The van der Waals surface area contributed by atoms with Crippen LogP contribution in [0, 0.1) is 3.57 Å². The highest BCUT2D eigenvalue weighted by Crippen LogP contribution is 2.06. The van der Waals surface area contributed by atoms with Gasteiger partial charge in [0.2, 0.25) is 0 Å². The lowest BCUT2D eigenvalue weighted by molar-refractivity contribution is 0.549. The maximum Gasteiger partial charge on any atom is 0.250 e. The number of nitrogens with zero attached hydrogens (tertiary/aromatic N) is 1. The fourth-order valence-electron chi connectivity index (χ4n) is 1.74. The molecule has 0 amide bonds. The number of aromatic nitrogens is 1. The van der Waals surface area contributed by atoms with Crippen molar-refractivity contribution >= 4 is 22.6 Å². The zero-order valence-corrected chi connectivity index (χ0v) is 12.1. The van der Waals surface area contributed by atoms with Crippen LogP contribution in [0.3, 0.4) is 0 Å². The number of halogens is 1. The molecule has 0 aliphatic heterocycles. The van der Waals surface area contributed by atoms with Crippen LogP contribution in [0.2, 0.25) is 0 Å². The van der Waals surface area contributed by atoms with Crippen molar-refractivity contribution in [2.75, 3.05) is 0 Å². The zero-order chi connectivity index (χ0) is 11.8. The van der Waals surface area contributed by atoms with Gasteiger partial charge in [-0.05, 0) is 35.1 Å². The Bertz CT molecular complexity index is 359. The van der Waals surface area contributed by atoms with Gasteiger partial charge in [0.25, 0.3) is 5.56 Å². The first-order chi connectivity index (χ1) is 7.74. The molecular formula is C13H20INO. The summed E-state index contributed by atoms with van der Waals surface area (Å²) in [5.41, 5.74) is 0.119. The number of pyridine rings is 1. The smallest absolute Gasteiger partial charge is 0.250 e. The lowest BCUT2D eigenvalue weighted by Gasteiger charge is -2.05. The van der Waals surface area contributed by atoms with Crippen LogP contribution in [-0.2, 0) is 6.54 Å². The molecule has 0 atom stereocenters. The Hall–Kier alpha value is -0.320. The molecule has 0 fully saturated rings. The van der Waals surface area contributed by atoms with Gasteiger partial charge in [0.05, 0.1) is 0 Å². The lowest BCUT2D eigenvalue weighted by atomic mass is 10.1. The summed E-state index contributed by atoms with van der Waals surface area (Å²) in [6, 6.07) is 3.51. The van der Waals surface area contributed by atoms with Crippen molar-refractivity contribution < 1.29 is 0 Å². The quantitative estimate of drug-likeness (QED) is 0.549. The molecular weight excluding hydrogens is 313 g/mol. The van der Waals surface area contributed by atoms with E-state index in [9.17, 15) is 4.79 Å². The van der Waals surface area contributed by atoms with E-state index in [0.29, 0.717) is 0 Å². The van der Waals surface area contributed by atoms with Gasteiger partial charge in [0.15, 0.2) is 0 Å². The van der Waals surface area contributed by atoms with Gasteiger partial charge in [-0.1, -0.05) is 39.0 Å². The fraction of sp³-hybridized carbons (Fsp3) is 0.615. The third kappa shape index (κ3) is 5.14. The molecule has 0 aliphatic rings. The van der Waals surface area contributed by atoms with Crippen LogP contribution in [0.25, 0.3) is 0 Å². The first-order valence-corrected chi connectivity index (χ1v) is 7.18. The highest BCUT2D eigenvalue weighted by Gasteiger charge is 1.96. The topological polar surface area (TPSA) is 22.0 Å². The van der Waals surface area contributed by atoms with Crippen molar-refractivity contribution in [3.63, 3.8) is 0 Å². The minimum atomic E-state index is 0.119. The first kappa shape index (κ1) is 13.7. The number of hydrogen-bond acceptors (Lipinski definition) is 1. The molecule has 1 aromatic rings. The molecule has 0 N–H and O–H groups in total. The largest absolute Gasteiger partial charge is 0.314 e. The molecule has 0 aliphatic carbocycles. The highest BCUT2D eigenvalue weighted by molar-refractivity contribution is 14.1. The highest BCUT2D eigenvalue weighted by atomic mass is 127. The van der Waals surface area contributed by atoms with Crippen LogP contribution in [0.1, 0.15) is 45.4 Å². The Kier molecular flexibility index (Phi) is 6.76. The van der Waals surface area contributed by atoms with E-state index in [-0.39, 0.29) is 5.56 Å². The standard InChI is InChI=1S/C13H20INO/c1-2-3-4-5-6-7-10-15-11-12(14)8-9-13(15)16/h8-9,11H,2-7,10H2,1H3. The van der Waals surface area contributed by atoms with E-state index in [1.54, 1.807) is 6.07 Å². The molecule has 0 bridgehead atoms. The molecule has 0 saturated carbocycles. The van der Waals surface area contributed by atoms with Gasteiger partial charge in [0, 0.05) is 22.4 Å². The van der Waals surface area contributed by atoms with Gasteiger partial charge in [0.1, 0.15) is 0 Å². The molecule has 1 aromatic heterocycles. The molecule has 3 heteroatoms. The first-order valence-electron chi connectivity index (χ1n) is 6.10. The molecule has 0 unspecified atom stereocenters. The summed E-state index contributed by atoms with van der Waals surface area (Å²) in [7, 11) is 0. The average Bonchev–Trinajstić information content (AvgIpc) is 2.28. The molecule has 0 saturated heterocycles. The Morgan fingerprint density at radius 1 is 1.12 bits per heavy atom. The molecule has 0 radical (unpaired) electrons. The van der Waals surface area contributed by atoms with Gasteiger partial charge < -0.3 is 4.57 Å². The summed E-state index contributed by atoms with van der Waals surface area (Å²) in [6.07, 6.45) is 9.54. The average molecular weight is 333 g/mol. The van der Waals surface area contributed by atoms with Crippen molar-refractivity contribution in [1.82, 2.24) is 4.57 Å². The summed E-state index contributed by atoms with van der Waals surface area (Å²) in [5, 5.41) is 0. The summed E-state index contributed by atoms with van der Waals surface area (Å²) in [4.78, 5) is 11.5. The Morgan fingerprint density at radius 2 is 1.81 bits per heavy atom. The number of rotatable bonds is 7. The Morgan fingerprint density at radius 3 is 2.56 bits per heavy atom. The lowest BCUT2D eigenvalue weighted by Crippen LogP contribution is -2.18. The molecule has 16 heavy (non-hydrogen) atoms. The fourth-order valence-corrected chi connectivity index (χ4v) is 2.26. The minimum Gasteiger partial charge on any atom is -0.314 e. The zero-order valence-electron chi connectivity index (χ0n) is 9.92. The van der Waals surface area contributed by atoms with Gasteiger partial charge in [-0.15, -0.1) is 0 Å². The summed E-state index contributed by atoms with van der Waals surface area (Å²) in [6.45, 7) is 3.09. The van der Waals surface area contributed by atoms with Crippen LogP contribution in [-0.4, -0.2) is 4.57 Å². The normalized spacial score (nSPS) is 10.6. The van der Waals surface area contributed by atoms with E-state index < -0.39 is 0 Å². The van der Waals surface area contributed by atoms with Gasteiger partial charge in [-0.2, -0.15) is 0 Å². The van der Waals surface area contributed by atoms with Crippen molar-refractivity contribution in [2.45, 2.75) is 52.0 Å². The summed E-state index contributed by atoms with van der Waals surface area (Å²) in [5.74, 6) is 0. The maximum atomic E-state index is 11.5. The van der Waals surface area contributed by atoms with Crippen LogP contribution in [0.15, 0.2) is 23.1 Å². The number of unbranched alkanes of at least 4 members (excludes halogenated alkanes) is 5. The second-order valence-corrected chi connectivity index (χ2v) is 5.39. The van der Waals surface area contributed by atoms with Crippen LogP contribution >= 0.6 is 22.6 Å². The van der Waals surface area contributed by atoms with Crippen molar-refractivity contribution in [3.05, 3.63) is 32.3 Å². The van der Waals surface area contributed by atoms with E-state index >= 15 is 0 Å². The monoisotopic (exact) mass is 333 g/mol. The van der Waals surface area contributed by atoms with Crippen LogP contribution in [0.4, 0.5) is 0 Å². The molecule has 2 nitrogen and oxygen atoms in total.